The summed E-state index contributed by atoms with van der Waals surface area (Å²) in [4.78, 5) is 37.5. The van der Waals surface area contributed by atoms with Crippen LogP contribution in [0.4, 0.5) is 14.9 Å². The highest BCUT2D eigenvalue weighted by atomic mass is 19.1. The van der Waals surface area contributed by atoms with Gasteiger partial charge in [-0.2, -0.15) is 0 Å². The van der Waals surface area contributed by atoms with E-state index in [-0.39, 0.29) is 18.4 Å². The van der Waals surface area contributed by atoms with E-state index in [9.17, 15) is 18.8 Å². The largest absolute Gasteiger partial charge is 0.325 e. The van der Waals surface area contributed by atoms with Gasteiger partial charge >= 0.3 is 6.03 Å². The monoisotopic (exact) mass is 319 g/mol. The lowest BCUT2D eigenvalue weighted by Crippen LogP contribution is -2.46. The van der Waals surface area contributed by atoms with Gasteiger partial charge in [-0.25, -0.2) is 9.18 Å². The molecule has 0 bridgehead atoms. The molecule has 2 fully saturated rings. The van der Waals surface area contributed by atoms with Crippen molar-refractivity contribution < 1.29 is 18.8 Å². The van der Waals surface area contributed by atoms with Crippen LogP contribution >= 0.6 is 0 Å². The van der Waals surface area contributed by atoms with E-state index in [1.165, 1.54) is 12.1 Å². The van der Waals surface area contributed by atoms with Gasteiger partial charge in [0.15, 0.2) is 0 Å². The lowest BCUT2D eigenvalue weighted by Gasteiger charge is -2.20. The number of aryl methyl sites for hydroxylation is 1. The van der Waals surface area contributed by atoms with E-state index in [1.807, 2.05) is 0 Å². The lowest BCUT2D eigenvalue weighted by atomic mass is 9.96. The third kappa shape index (κ3) is 2.78. The number of nitrogens with one attached hydrogen (secondary N) is 2. The highest BCUT2D eigenvalue weighted by Crippen LogP contribution is 2.42. The van der Waals surface area contributed by atoms with Gasteiger partial charge in [-0.05, 0) is 50.3 Å². The average Bonchev–Trinajstić information content (AvgIpc) is 3.29. The van der Waals surface area contributed by atoms with Gasteiger partial charge in [-0.3, -0.25) is 14.5 Å². The van der Waals surface area contributed by atoms with Gasteiger partial charge in [0.05, 0.1) is 0 Å². The predicted octanol–water partition coefficient (Wildman–Crippen LogP) is 1.79. The maximum Gasteiger partial charge on any atom is 0.325 e. The van der Waals surface area contributed by atoms with Gasteiger partial charge in [-0.15, -0.1) is 0 Å². The predicted molar refractivity (Wildman–Crippen MR) is 81.1 cm³/mol. The fourth-order valence-corrected chi connectivity index (χ4v) is 2.86. The van der Waals surface area contributed by atoms with Crippen molar-refractivity contribution in [2.45, 2.75) is 32.2 Å². The summed E-state index contributed by atoms with van der Waals surface area (Å²) in [7, 11) is 0. The SMILES string of the molecule is Cc1ccc(F)cc1NC(=O)CN1C(=O)N[C@](C)(C2CC2)C1=O. The molecular formula is C16H18FN3O3. The molecule has 4 amide bonds. The Morgan fingerprint density at radius 2 is 2.13 bits per heavy atom. The van der Waals surface area contributed by atoms with Crippen LogP contribution in [-0.4, -0.2) is 34.8 Å². The molecule has 0 radical (unpaired) electrons. The van der Waals surface area contributed by atoms with Gasteiger partial charge in [0.25, 0.3) is 5.91 Å². The van der Waals surface area contributed by atoms with Crippen LogP contribution in [0.15, 0.2) is 18.2 Å². The second-order valence-electron chi connectivity index (χ2n) is 6.31. The fraction of sp³-hybridized carbons (Fsp3) is 0.438. The zero-order chi connectivity index (χ0) is 16.8. The first-order chi connectivity index (χ1) is 10.8. The van der Waals surface area contributed by atoms with Gasteiger partial charge < -0.3 is 10.6 Å². The van der Waals surface area contributed by atoms with Gasteiger partial charge in [0.2, 0.25) is 5.91 Å². The number of carbonyl (C=O) groups is 3. The Labute approximate surface area is 133 Å². The third-order valence-corrected chi connectivity index (χ3v) is 4.47. The number of hydrogen-bond donors (Lipinski definition) is 2. The van der Waals surface area contributed by atoms with E-state index in [1.54, 1.807) is 19.9 Å². The molecule has 23 heavy (non-hydrogen) atoms. The van der Waals surface area contributed by atoms with Crippen LogP contribution in [0.3, 0.4) is 0 Å². The Balaban J connectivity index is 1.69. The summed E-state index contributed by atoms with van der Waals surface area (Å²) >= 11 is 0. The number of hydrogen-bond acceptors (Lipinski definition) is 3. The number of halogens is 1. The molecule has 1 aromatic carbocycles. The lowest BCUT2D eigenvalue weighted by molar-refractivity contribution is -0.134. The van der Waals surface area contributed by atoms with Crippen molar-refractivity contribution in [3.8, 4) is 0 Å². The smallest absolute Gasteiger partial charge is 0.324 e. The van der Waals surface area contributed by atoms with Crippen molar-refractivity contribution in [2.75, 3.05) is 11.9 Å². The molecule has 1 aromatic rings. The Bertz CT molecular complexity index is 702. The van der Waals surface area contributed by atoms with E-state index in [0.717, 1.165) is 17.7 Å². The Morgan fingerprint density at radius 3 is 2.78 bits per heavy atom. The van der Waals surface area contributed by atoms with E-state index < -0.39 is 23.3 Å². The minimum absolute atomic E-state index is 0.137. The number of urea groups is 1. The summed E-state index contributed by atoms with van der Waals surface area (Å²) in [6.45, 7) is 3.04. The zero-order valence-electron chi connectivity index (χ0n) is 13.0. The molecule has 3 rings (SSSR count). The van der Waals surface area contributed by atoms with Gasteiger partial charge in [0, 0.05) is 5.69 Å². The molecule has 2 N–H and O–H groups in total. The first-order valence-corrected chi connectivity index (χ1v) is 7.51. The standard InChI is InChI=1S/C16H18FN3O3/c1-9-3-6-11(17)7-12(9)18-13(21)8-20-14(22)16(2,10-4-5-10)19-15(20)23/h3,6-7,10H,4-5,8H2,1-2H3,(H,18,21)(H,19,23)/t16-/m1/s1. The Kier molecular flexibility index (Phi) is 3.58. The first-order valence-electron chi connectivity index (χ1n) is 7.51. The fourth-order valence-electron chi connectivity index (χ4n) is 2.86. The van der Waals surface area contributed by atoms with E-state index >= 15 is 0 Å². The van der Waals surface area contributed by atoms with Crippen LogP contribution < -0.4 is 10.6 Å². The molecule has 1 atom stereocenters. The van der Waals surface area contributed by atoms with Crippen LogP contribution in [-0.2, 0) is 9.59 Å². The minimum atomic E-state index is -0.911. The molecular weight excluding hydrogens is 301 g/mol. The maximum atomic E-state index is 13.2. The first kappa shape index (κ1) is 15.5. The Morgan fingerprint density at radius 1 is 1.43 bits per heavy atom. The molecule has 1 saturated heterocycles. The van der Waals surface area contributed by atoms with Crippen LogP contribution in [0.5, 0.6) is 0 Å². The number of anilines is 1. The third-order valence-electron chi connectivity index (χ3n) is 4.47. The summed E-state index contributed by atoms with van der Waals surface area (Å²) in [6, 6.07) is 3.48. The quantitative estimate of drug-likeness (QED) is 0.831. The van der Waals surface area contributed by atoms with E-state index in [2.05, 4.69) is 10.6 Å². The van der Waals surface area contributed by atoms with Crippen LogP contribution in [0.2, 0.25) is 0 Å². The average molecular weight is 319 g/mol. The molecule has 6 nitrogen and oxygen atoms in total. The molecule has 1 saturated carbocycles. The summed E-state index contributed by atoms with van der Waals surface area (Å²) in [5.41, 5.74) is 0.110. The molecule has 122 valence electrons. The molecule has 0 unspecified atom stereocenters. The van der Waals surface area contributed by atoms with Crippen molar-refractivity contribution in [3.05, 3.63) is 29.6 Å². The number of benzene rings is 1. The zero-order valence-corrected chi connectivity index (χ0v) is 13.0. The number of nitrogens with zero attached hydrogens (tertiary/aromatic N) is 1. The molecule has 0 aromatic heterocycles. The van der Waals surface area contributed by atoms with Gasteiger partial charge in [0.1, 0.15) is 17.9 Å². The highest BCUT2D eigenvalue weighted by Gasteiger charge is 2.56. The van der Waals surface area contributed by atoms with Crippen molar-refractivity contribution >= 4 is 23.5 Å². The van der Waals surface area contributed by atoms with Crippen LogP contribution in [0, 0.1) is 18.7 Å². The summed E-state index contributed by atoms with van der Waals surface area (Å²) in [5.74, 6) is -1.25. The second-order valence-corrected chi connectivity index (χ2v) is 6.31. The van der Waals surface area contributed by atoms with Crippen molar-refractivity contribution in [1.82, 2.24) is 10.2 Å². The molecule has 0 spiro atoms. The van der Waals surface area contributed by atoms with Crippen molar-refractivity contribution in [1.29, 1.82) is 0 Å². The number of rotatable bonds is 4. The van der Waals surface area contributed by atoms with Gasteiger partial charge in [-0.1, -0.05) is 6.07 Å². The number of imide groups is 1. The van der Waals surface area contributed by atoms with E-state index in [4.69, 9.17) is 0 Å². The summed E-state index contributed by atoms with van der Waals surface area (Å²) < 4.78 is 13.2. The number of amides is 4. The summed E-state index contributed by atoms with van der Waals surface area (Å²) in [5, 5.41) is 5.22. The van der Waals surface area contributed by atoms with Crippen molar-refractivity contribution in [2.24, 2.45) is 5.92 Å². The summed E-state index contributed by atoms with van der Waals surface area (Å²) in [6.07, 6.45) is 1.79. The Hall–Kier alpha value is -2.44. The van der Waals surface area contributed by atoms with Crippen LogP contribution in [0.25, 0.3) is 0 Å². The maximum absolute atomic E-state index is 13.2. The topological polar surface area (TPSA) is 78.5 Å². The number of carbonyl (C=O) groups excluding carboxylic acids is 3. The van der Waals surface area contributed by atoms with Crippen LogP contribution in [0.1, 0.15) is 25.3 Å². The second kappa shape index (κ2) is 5.33. The normalized spacial score (nSPS) is 23.9. The molecule has 7 heteroatoms. The molecule has 1 aliphatic carbocycles. The minimum Gasteiger partial charge on any atom is -0.324 e. The van der Waals surface area contributed by atoms with E-state index in [0.29, 0.717) is 11.3 Å². The molecule has 1 aliphatic heterocycles. The highest BCUT2D eigenvalue weighted by molar-refractivity contribution is 6.10. The molecule has 2 aliphatic rings. The molecule has 1 heterocycles. The van der Waals surface area contributed by atoms with Crippen molar-refractivity contribution in [3.63, 3.8) is 0 Å².